The number of nitrogens with zero attached hydrogens (tertiary/aromatic N) is 5. The summed E-state index contributed by atoms with van der Waals surface area (Å²) in [5.41, 5.74) is 8.33. The van der Waals surface area contributed by atoms with Gasteiger partial charge in [0.05, 0.1) is 60.7 Å². The zero-order chi connectivity index (χ0) is 32.0. The normalized spacial score (nSPS) is 17.4. The summed E-state index contributed by atoms with van der Waals surface area (Å²) in [6, 6.07) is 2.81. The molecule has 1 saturated heterocycles. The first-order valence-corrected chi connectivity index (χ1v) is 15.0. The fourth-order valence-corrected chi connectivity index (χ4v) is 6.57. The lowest BCUT2D eigenvalue weighted by atomic mass is 9.99. The molecular formula is C30H32Cl3FN8O2. The molecule has 4 heterocycles. The highest BCUT2D eigenvalue weighted by Crippen LogP contribution is 2.47. The number of nitrogens with one attached hydrogen (secondary N) is 2. The number of nitrogens with two attached hydrogens (primary N) is 1. The van der Waals surface area contributed by atoms with Gasteiger partial charge in [-0.1, -0.05) is 41.4 Å². The van der Waals surface area contributed by atoms with Crippen molar-refractivity contribution < 1.29 is 14.3 Å². The Morgan fingerprint density at radius 1 is 1.27 bits per heavy atom. The number of benzene rings is 1. The van der Waals surface area contributed by atoms with E-state index < -0.39 is 11.9 Å². The average molecular weight is 662 g/mol. The van der Waals surface area contributed by atoms with Gasteiger partial charge in [0.1, 0.15) is 11.7 Å². The maximum atomic E-state index is 15.7. The predicted octanol–water partition coefficient (Wildman–Crippen LogP) is 5.79. The van der Waals surface area contributed by atoms with Gasteiger partial charge in [-0.2, -0.15) is 0 Å². The van der Waals surface area contributed by atoms with E-state index in [9.17, 15) is 15.3 Å². The quantitative estimate of drug-likeness (QED) is 0.153. The largest absolute Gasteiger partial charge is 0.397 e. The Morgan fingerprint density at radius 2 is 2.00 bits per heavy atom. The van der Waals surface area contributed by atoms with Crippen LogP contribution in [0.15, 0.2) is 31.0 Å². The lowest BCUT2D eigenvalue weighted by Crippen LogP contribution is -2.57. The number of amides is 1. The Kier molecular flexibility index (Phi) is 8.95. The number of anilines is 4. The van der Waals surface area contributed by atoms with Gasteiger partial charge in [0.25, 0.3) is 0 Å². The lowest BCUT2D eigenvalue weighted by Gasteiger charge is -2.45. The molecule has 14 heteroatoms. The van der Waals surface area contributed by atoms with Crippen molar-refractivity contribution in [1.29, 1.82) is 5.41 Å². The summed E-state index contributed by atoms with van der Waals surface area (Å²) in [6.07, 6.45) is 2.54. The zero-order valence-corrected chi connectivity index (χ0v) is 26.7. The molecular weight excluding hydrogens is 630 g/mol. The van der Waals surface area contributed by atoms with E-state index in [-0.39, 0.29) is 55.6 Å². The van der Waals surface area contributed by atoms with Crippen LogP contribution in [0.2, 0.25) is 15.1 Å². The van der Waals surface area contributed by atoms with Gasteiger partial charge in [-0.15, -0.1) is 0 Å². The SMILES string of the molecule is C=CC(=O)N1CCN2C(=N)c3c(Nc4c(C)ccnc4C(C)O)nc(-c4c(N)c(Cl)cc(Cl)c4F)c(Cl)c3N(C)CCC2C1. The van der Waals surface area contributed by atoms with E-state index in [1.807, 2.05) is 23.8 Å². The second-order valence-electron chi connectivity index (χ2n) is 10.9. The minimum atomic E-state index is -0.937. The van der Waals surface area contributed by atoms with Crippen LogP contribution in [-0.4, -0.2) is 75.9 Å². The van der Waals surface area contributed by atoms with Crippen molar-refractivity contribution in [2.75, 3.05) is 49.2 Å². The summed E-state index contributed by atoms with van der Waals surface area (Å²) in [4.78, 5) is 27.1. The number of amidine groups is 1. The number of carbonyl (C=O) groups excluding carboxylic acids is 1. The van der Waals surface area contributed by atoms with E-state index in [2.05, 4.69) is 16.9 Å². The van der Waals surface area contributed by atoms with Crippen molar-refractivity contribution in [3.8, 4) is 11.3 Å². The van der Waals surface area contributed by atoms with Crippen LogP contribution < -0.4 is 16.0 Å². The molecule has 2 aromatic heterocycles. The van der Waals surface area contributed by atoms with Gasteiger partial charge in [-0.05, 0) is 44.0 Å². The molecule has 3 aromatic rings. The summed E-state index contributed by atoms with van der Waals surface area (Å²) in [7, 11) is 1.82. The number of aliphatic hydroxyl groups is 1. The van der Waals surface area contributed by atoms with Gasteiger partial charge in [0.2, 0.25) is 5.91 Å². The molecule has 44 heavy (non-hydrogen) atoms. The summed E-state index contributed by atoms with van der Waals surface area (Å²) in [5, 5.41) is 23.2. The zero-order valence-electron chi connectivity index (χ0n) is 24.4. The Labute approximate surface area is 269 Å². The van der Waals surface area contributed by atoms with Crippen molar-refractivity contribution >= 4 is 69.4 Å². The van der Waals surface area contributed by atoms with Crippen molar-refractivity contribution in [3.63, 3.8) is 0 Å². The van der Waals surface area contributed by atoms with Gasteiger partial charge in [-0.25, -0.2) is 9.37 Å². The number of rotatable bonds is 5. The van der Waals surface area contributed by atoms with Crippen molar-refractivity contribution in [1.82, 2.24) is 19.8 Å². The fourth-order valence-electron chi connectivity index (χ4n) is 5.73. The van der Waals surface area contributed by atoms with Crippen molar-refractivity contribution in [2.45, 2.75) is 32.4 Å². The summed E-state index contributed by atoms with van der Waals surface area (Å²) in [5.74, 6) is -0.734. The Hall–Kier alpha value is -3.64. The summed E-state index contributed by atoms with van der Waals surface area (Å²) < 4.78 is 15.7. The van der Waals surface area contributed by atoms with E-state index >= 15 is 4.39 Å². The van der Waals surface area contributed by atoms with Crippen molar-refractivity contribution in [2.24, 2.45) is 0 Å². The van der Waals surface area contributed by atoms with Crippen LogP contribution in [0, 0.1) is 18.2 Å². The Morgan fingerprint density at radius 3 is 2.68 bits per heavy atom. The number of aryl methyl sites for hydroxylation is 1. The second-order valence-corrected chi connectivity index (χ2v) is 12.1. The van der Waals surface area contributed by atoms with Gasteiger partial charge in [-0.3, -0.25) is 15.2 Å². The van der Waals surface area contributed by atoms with Crippen LogP contribution in [0.5, 0.6) is 0 Å². The monoisotopic (exact) mass is 660 g/mol. The number of pyridine rings is 2. The van der Waals surface area contributed by atoms with Crippen LogP contribution in [0.1, 0.15) is 36.3 Å². The molecule has 1 aromatic carbocycles. The van der Waals surface area contributed by atoms with Crippen LogP contribution in [0.4, 0.5) is 27.3 Å². The number of hydrogen-bond donors (Lipinski definition) is 4. The molecule has 2 aliphatic rings. The highest BCUT2D eigenvalue weighted by molar-refractivity contribution is 6.39. The molecule has 0 bridgehead atoms. The number of fused-ring (bicyclic) bond motifs is 2. The Balaban J connectivity index is 1.78. The van der Waals surface area contributed by atoms with Crippen LogP contribution in [0.3, 0.4) is 0 Å². The molecule has 0 aliphatic carbocycles. The topological polar surface area (TPSA) is 135 Å². The molecule has 2 atom stereocenters. The smallest absolute Gasteiger partial charge is 0.246 e. The molecule has 0 spiro atoms. The van der Waals surface area contributed by atoms with Gasteiger partial charge >= 0.3 is 0 Å². The van der Waals surface area contributed by atoms with Gasteiger partial charge in [0.15, 0.2) is 5.82 Å². The molecule has 0 saturated carbocycles. The molecule has 5 rings (SSSR count). The predicted molar refractivity (Wildman–Crippen MR) is 174 cm³/mol. The minimum Gasteiger partial charge on any atom is -0.397 e. The average Bonchev–Trinajstić information content (AvgIpc) is 2.99. The lowest BCUT2D eigenvalue weighted by molar-refractivity contribution is -0.128. The van der Waals surface area contributed by atoms with E-state index in [4.69, 9.17) is 45.5 Å². The number of halogens is 4. The van der Waals surface area contributed by atoms with Crippen molar-refractivity contribution in [3.05, 3.63) is 68.7 Å². The third-order valence-corrected chi connectivity index (χ3v) is 9.01. The summed E-state index contributed by atoms with van der Waals surface area (Å²) >= 11 is 19.6. The Bertz CT molecular complexity index is 1660. The van der Waals surface area contributed by atoms with Gasteiger partial charge < -0.3 is 30.9 Å². The molecule has 2 unspecified atom stereocenters. The maximum Gasteiger partial charge on any atom is 0.246 e. The van der Waals surface area contributed by atoms with Crippen LogP contribution >= 0.6 is 34.8 Å². The highest BCUT2D eigenvalue weighted by Gasteiger charge is 2.37. The molecule has 2 aliphatic heterocycles. The minimum absolute atomic E-state index is 0.0226. The first-order valence-electron chi connectivity index (χ1n) is 13.9. The van der Waals surface area contributed by atoms with Crippen LogP contribution in [0.25, 0.3) is 11.3 Å². The number of aliphatic hydroxyl groups excluding tert-OH is 1. The number of aromatic nitrogens is 2. The molecule has 10 nitrogen and oxygen atoms in total. The number of piperazine rings is 1. The number of carbonyl (C=O) groups is 1. The molecule has 0 radical (unpaired) electrons. The summed E-state index contributed by atoms with van der Waals surface area (Å²) in [6.45, 7) is 8.73. The molecule has 1 amide bonds. The van der Waals surface area contributed by atoms with E-state index in [1.165, 1.54) is 12.1 Å². The third kappa shape index (κ3) is 5.53. The molecule has 232 valence electrons. The first-order chi connectivity index (χ1) is 20.8. The first kappa shape index (κ1) is 31.8. The highest BCUT2D eigenvalue weighted by atomic mass is 35.5. The van der Waals surface area contributed by atoms with Crippen LogP contribution in [-0.2, 0) is 4.79 Å². The van der Waals surface area contributed by atoms with E-state index in [0.29, 0.717) is 55.2 Å². The molecule has 5 N–H and O–H groups in total. The number of nitrogen functional groups attached to an aromatic ring is 1. The standard InChI is InChI=1S/C30H32Cl3FN8O2/c1-5-19(44)41-10-11-42-16(13-41)7-9-40(4)28-21(29(42)36)30(38-25-14(2)6-8-37-26(25)15(3)43)39-27(22(28)33)20-23(34)17(31)12-18(32)24(20)35/h5-6,8,12,15-16,36,43H,1,7,9-11,13,35H2,2-4H3,(H,38,39). The maximum absolute atomic E-state index is 15.7. The fraction of sp³-hybridized carbons (Fsp3) is 0.333. The van der Waals surface area contributed by atoms with E-state index in [1.54, 1.807) is 24.1 Å². The second kappa shape index (κ2) is 12.4. The van der Waals surface area contributed by atoms with Gasteiger partial charge in [0, 0.05) is 45.5 Å². The molecule has 1 fully saturated rings. The van der Waals surface area contributed by atoms with E-state index in [0.717, 1.165) is 5.56 Å². The number of hydrogen-bond acceptors (Lipinski definition) is 8. The third-order valence-electron chi connectivity index (χ3n) is 8.06.